The van der Waals surface area contributed by atoms with Crippen LogP contribution in [-0.4, -0.2) is 17.6 Å². The first-order chi connectivity index (χ1) is 8.41. The predicted octanol–water partition coefficient (Wildman–Crippen LogP) is 3.26. The van der Waals surface area contributed by atoms with Gasteiger partial charge in [-0.15, -0.1) is 0 Å². The lowest BCUT2D eigenvalue weighted by Gasteiger charge is -2.38. The standard InChI is InChI=1S/C12H14F4N2/c1-6-3-4-7(2)18(5-6)10-8(13)11(15)17-12(16)9(10)14/h6-7H,3-5H2,1-2H3. The number of nitrogens with zero attached hydrogens (tertiary/aromatic N) is 2. The van der Waals surface area contributed by atoms with E-state index < -0.39 is 29.2 Å². The Morgan fingerprint density at radius 2 is 1.56 bits per heavy atom. The highest BCUT2D eigenvalue weighted by molar-refractivity contribution is 5.49. The molecular weight excluding hydrogens is 248 g/mol. The summed E-state index contributed by atoms with van der Waals surface area (Å²) in [4.78, 5) is 3.94. The molecule has 2 nitrogen and oxygen atoms in total. The highest BCUT2D eigenvalue weighted by atomic mass is 19.2. The van der Waals surface area contributed by atoms with E-state index in [1.54, 1.807) is 6.92 Å². The van der Waals surface area contributed by atoms with Gasteiger partial charge in [0, 0.05) is 12.6 Å². The van der Waals surface area contributed by atoms with E-state index in [0.717, 1.165) is 12.8 Å². The van der Waals surface area contributed by atoms with Gasteiger partial charge in [0.2, 0.25) is 11.6 Å². The first-order valence-electron chi connectivity index (χ1n) is 5.88. The minimum Gasteiger partial charge on any atom is -0.364 e. The minimum atomic E-state index is -1.60. The molecule has 1 aliphatic rings. The van der Waals surface area contributed by atoms with E-state index in [2.05, 4.69) is 4.98 Å². The molecule has 0 amide bonds. The summed E-state index contributed by atoms with van der Waals surface area (Å²) in [5.74, 6) is -5.83. The summed E-state index contributed by atoms with van der Waals surface area (Å²) in [6, 6.07) is -0.161. The van der Waals surface area contributed by atoms with Gasteiger partial charge >= 0.3 is 0 Å². The maximum atomic E-state index is 13.6. The SMILES string of the molecule is CC1CCC(C)N(c2c(F)c(F)nc(F)c2F)C1. The third-order valence-corrected chi connectivity index (χ3v) is 3.38. The van der Waals surface area contributed by atoms with E-state index in [-0.39, 0.29) is 12.0 Å². The lowest BCUT2D eigenvalue weighted by molar-refractivity contribution is 0.363. The Balaban J connectivity index is 2.49. The van der Waals surface area contributed by atoms with Crippen LogP contribution in [0.25, 0.3) is 0 Å². The van der Waals surface area contributed by atoms with Gasteiger partial charge in [-0.25, -0.2) is 0 Å². The minimum absolute atomic E-state index is 0.161. The molecule has 0 aromatic carbocycles. The van der Waals surface area contributed by atoms with Crippen LogP contribution in [0.15, 0.2) is 0 Å². The van der Waals surface area contributed by atoms with Crippen molar-refractivity contribution in [2.45, 2.75) is 32.7 Å². The molecule has 0 bridgehead atoms. The molecular formula is C12H14F4N2. The van der Waals surface area contributed by atoms with Crippen LogP contribution < -0.4 is 4.90 Å². The Labute approximate surface area is 103 Å². The second kappa shape index (κ2) is 4.74. The summed E-state index contributed by atoms with van der Waals surface area (Å²) < 4.78 is 53.4. The normalized spacial score (nSPS) is 24.4. The Hall–Kier alpha value is -1.33. The number of halogens is 4. The second-order valence-corrected chi connectivity index (χ2v) is 4.85. The Morgan fingerprint density at radius 1 is 1.00 bits per heavy atom. The molecule has 0 aliphatic carbocycles. The quantitative estimate of drug-likeness (QED) is 0.570. The third-order valence-electron chi connectivity index (χ3n) is 3.38. The van der Waals surface area contributed by atoms with Crippen molar-refractivity contribution in [3.63, 3.8) is 0 Å². The lowest BCUT2D eigenvalue weighted by atomic mass is 9.94. The number of piperidine rings is 1. The van der Waals surface area contributed by atoms with E-state index in [4.69, 9.17) is 0 Å². The topological polar surface area (TPSA) is 16.1 Å². The van der Waals surface area contributed by atoms with Crippen LogP contribution >= 0.6 is 0 Å². The molecule has 0 saturated carbocycles. The van der Waals surface area contributed by atoms with Gasteiger partial charge in [-0.3, -0.25) is 0 Å². The molecule has 1 aromatic heterocycles. The van der Waals surface area contributed by atoms with E-state index in [0.29, 0.717) is 6.54 Å². The van der Waals surface area contributed by atoms with Crippen LogP contribution in [0.5, 0.6) is 0 Å². The summed E-state index contributed by atoms with van der Waals surface area (Å²) in [7, 11) is 0. The molecule has 2 rings (SSSR count). The molecule has 1 aliphatic heterocycles. The summed E-state index contributed by atoms with van der Waals surface area (Å²) in [6.07, 6.45) is 1.66. The van der Waals surface area contributed by atoms with Crippen molar-refractivity contribution in [3.8, 4) is 0 Å². The zero-order valence-corrected chi connectivity index (χ0v) is 10.2. The largest absolute Gasteiger partial charge is 0.364 e. The molecule has 2 unspecified atom stereocenters. The van der Waals surface area contributed by atoms with Gasteiger partial charge < -0.3 is 4.90 Å². The number of pyridine rings is 1. The van der Waals surface area contributed by atoms with E-state index in [9.17, 15) is 17.6 Å². The van der Waals surface area contributed by atoms with Gasteiger partial charge in [0.25, 0.3) is 11.9 Å². The molecule has 0 radical (unpaired) electrons. The predicted molar refractivity (Wildman–Crippen MR) is 59.3 cm³/mol. The van der Waals surface area contributed by atoms with Crippen molar-refractivity contribution in [3.05, 3.63) is 23.5 Å². The third kappa shape index (κ3) is 2.15. The van der Waals surface area contributed by atoms with Crippen LogP contribution in [0, 0.1) is 29.4 Å². The molecule has 6 heteroatoms. The Kier molecular flexibility index (Phi) is 3.45. The molecule has 2 heterocycles. The fraction of sp³-hybridized carbons (Fsp3) is 0.583. The fourth-order valence-electron chi connectivity index (χ4n) is 2.33. The van der Waals surface area contributed by atoms with E-state index in [1.165, 1.54) is 4.90 Å². The van der Waals surface area contributed by atoms with Gasteiger partial charge in [0.15, 0.2) is 0 Å². The fourth-order valence-corrected chi connectivity index (χ4v) is 2.33. The smallest absolute Gasteiger partial charge is 0.253 e. The average Bonchev–Trinajstić information content (AvgIpc) is 2.31. The van der Waals surface area contributed by atoms with Gasteiger partial charge in [-0.05, 0) is 25.7 Å². The summed E-state index contributed by atoms with van der Waals surface area (Å²) >= 11 is 0. The second-order valence-electron chi connectivity index (χ2n) is 4.85. The van der Waals surface area contributed by atoms with Crippen LogP contribution in [0.1, 0.15) is 26.7 Å². The highest BCUT2D eigenvalue weighted by Gasteiger charge is 2.31. The number of hydrogen-bond donors (Lipinski definition) is 0. The molecule has 2 atom stereocenters. The summed E-state index contributed by atoms with van der Waals surface area (Å²) in [5, 5.41) is 0. The first-order valence-corrected chi connectivity index (χ1v) is 5.88. The van der Waals surface area contributed by atoms with Crippen molar-refractivity contribution in [2.24, 2.45) is 5.92 Å². The molecule has 1 fully saturated rings. The van der Waals surface area contributed by atoms with Crippen LogP contribution in [0.4, 0.5) is 23.2 Å². The van der Waals surface area contributed by atoms with Crippen molar-refractivity contribution in [1.29, 1.82) is 0 Å². The maximum Gasteiger partial charge on any atom is 0.253 e. The van der Waals surface area contributed by atoms with Gasteiger partial charge in [0.1, 0.15) is 5.69 Å². The van der Waals surface area contributed by atoms with E-state index >= 15 is 0 Å². The van der Waals surface area contributed by atoms with Crippen molar-refractivity contribution in [2.75, 3.05) is 11.4 Å². The Bertz CT molecular complexity index is 438. The zero-order valence-electron chi connectivity index (χ0n) is 10.2. The van der Waals surface area contributed by atoms with Crippen LogP contribution in [0.2, 0.25) is 0 Å². The van der Waals surface area contributed by atoms with Crippen LogP contribution in [0.3, 0.4) is 0 Å². The first kappa shape index (κ1) is 13.1. The molecule has 100 valence electrons. The molecule has 18 heavy (non-hydrogen) atoms. The Morgan fingerprint density at radius 3 is 2.11 bits per heavy atom. The number of rotatable bonds is 1. The molecule has 1 saturated heterocycles. The van der Waals surface area contributed by atoms with Gasteiger partial charge in [-0.1, -0.05) is 6.92 Å². The van der Waals surface area contributed by atoms with Crippen molar-refractivity contribution >= 4 is 5.69 Å². The van der Waals surface area contributed by atoms with Gasteiger partial charge in [-0.2, -0.15) is 22.5 Å². The highest BCUT2D eigenvalue weighted by Crippen LogP contribution is 2.32. The summed E-state index contributed by atoms with van der Waals surface area (Å²) in [6.45, 7) is 4.08. The van der Waals surface area contributed by atoms with Crippen molar-refractivity contribution < 1.29 is 17.6 Å². The van der Waals surface area contributed by atoms with Crippen LogP contribution in [-0.2, 0) is 0 Å². The molecule has 1 aromatic rings. The maximum absolute atomic E-state index is 13.6. The number of anilines is 1. The number of hydrogen-bond acceptors (Lipinski definition) is 2. The zero-order chi connectivity index (χ0) is 13.4. The van der Waals surface area contributed by atoms with Gasteiger partial charge in [0.05, 0.1) is 0 Å². The summed E-state index contributed by atoms with van der Waals surface area (Å²) in [5.41, 5.74) is -0.640. The van der Waals surface area contributed by atoms with Crippen molar-refractivity contribution in [1.82, 2.24) is 4.98 Å². The monoisotopic (exact) mass is 262 g/mol. The lowest BCUT2D eigenvalue weighted by Crippen LogP contribution is -2.42. The molecule has 0 spiro atoms. The average molecular weight is 262 g/mol. The molecule has 0 N–H and O–H groups in total. The number of aromatic nitrogens is 1. The van der Waals surface area contributed by atoms with E-state index in [1.807, 2.05) is 6.92 Å².